The first-order chi connectivity index (χ1) is 4.93. The Hall–Kier alpha value is -0.920. The van der Waals surface area contributed by atoms with Gasteiger partial charge in [-0.15, -0.1) is 0 Å². The normalized spacial score (nSPS) is 9.70. The lowest BCUT2D eigenvalue weighted by Gasteiger charge is -1.99. The molecule has 0 atom stereocenters. The number of ether oxygens (including phenoxy) is 1. The van der Waals surface area contributed by atoms with E-state index in [-0.39, 0.29) is 0 Å². The Bertz CT molecular complexity index is 158. The molecule has 0 unspecified atom stereocenters. The maximum absolute atomic E-state index is 5.36. The fourth-order valence-electron chi connectivity index (χ4n) is 0.733. The average Bonchev–Trinajstić information content (AvgIpc) is 2.41. The minimum Gasteiger partial charge on any atom is -0.492 e. The minimum atomic E-state index is 0.828. The summed E-state index contributed by atoms with van der Waals surface area (Å²) >= 11 is 0. The molecule has 2 nitrogen and oxygen atoms in total. The van der Waals surface area contributed by atoms with Crippen molar-refractivity contribution in [2.75, 3.05) is 6.61 Å². The summed E-state index contributed by atoms with van der Waals surface area (Å²) in [4.78, 5) is 2.93. The van der Waals surface area contributed by atoms with Crippen LogP contribution in [0.4, 0.5) is 0 Å². The number of aromatic nitrogens is 1. The molecule has 1 rings (SSSR count). The van der Waals surface area contributed by atoms with Gasteiger partial charge < -0.3 is 9.72 Å². The lowest BCUT2D eigenvalue weighted by molar-refractivity contribution is 0.310. The van der Waals surface area contributed by atoms with Crippen molar-refractivity contribution in [3.8, 4) is 5.75 Å². The van der Waals surface area contributed by atoms with Crippen LogP contribution in [0.5, 0.6) is 5.75 Å². The van der Waals surface area contributed by atoms with Gasteiger partial charge in [-0.25, -0.2) is 0 Å². The maximum Gasteiger partial charge on any atom is 0.136 e. The molecule has 2 heteroatoms. The first-order valence-corrected chi connectivity index (χ1v) is 3.69. The monoisotopic (exact) mass is 139 g/mol. The summed E-state index contributed by atoms with van der Waals surface area (Å²) in [7, 11) is 0. The van der Waals surface area contributed by atoms with Gasteiger partial charge in [-0.3, -0.25) is 0 Å². The summed E-state index contributed by atoms with van der Waals surface area (Å²) in [6.45, 7) is 2.98. The van der Waals surface area contributed by atoms with Crippen LogP contribution in [0.2, 0.25) is 0 Å². The zero-order valence-corrected chi connectivity index (χ0v) is 6.26. The molecule has 0 spiro atoms. The highest BCUT2D eigenvalue weighted by Gasteiger charge is 1.89. The van der Waals surface area contributed by atoms with Crippen LogP contribution in [0.15, 0.2) is 18.5 Å². The number of unbranched alkanes of at least 4 members (excludes halogenated alkanes) is 1. The van der Waals surface area contributed by atoms with E-state index >= 15 is 0 Å². The zero-order chi connectivity index (χ0) is 7.23. The van der Waals surface area contributed by atoms with Crippen LogP contribution in [-0.4, -0.2) is 11.6 Å². The molecule has 0 saturated carbocycles. The van der Waals surface area contributed by atoms with Crippen molar-refractivity contribution in [1.82, 2.24) is 4.98 Å². The van der Waals surface area contributed by atoms with E-state index in [9.17, 15) is 0 Å². The second-order valence-corrected chi connectivity index (χ2v) is 2.25. The van der Waals surface area contributed by atoms with Gasteiger partial charge in [0.15, 0.2) is 0 Å². The molecule has 1 aromatic rings. The summed E-state index contributed by atoms with van der Waals surface area (Å²) in [5.41, 5.74) is 0. The second kappa shape index (κ2) is 3.99. The number of hydrogen-bond donors (Lipinski definition) is 1. The molecule has 1 N–H and O–H groups in total. The first-order valence-electron chi connectivity index (χ1n) is 3.69. The van der Waals surface area contributed by atoms with Crippen molar-refractivity contribution >= 4 is 0 Å². The summed E-state index contributed by atoms with van der Waals surface area (Å²) in [5.74, 6) is 0.938. The minimum absolute atomic E-state index is 0.828. The highest BCUT2D eigenvalue weighted by Crippen LogP contribution is 2.07. The SMILES string of the molecule is CCCCOc1cc[nH]c1. The molecule has 0 aliphatic heterocycles. The molecular weight excluding hydrogens is 126 g/mol. The molecule has 0 fully saturated rings. The Morgan fingerprint density at radius 3 is 3.10 bits per heavy atom. The highest BCUT2D eigenvalue weighted by atomic mass is 16.5. The lowest BCUT2D eigenvalue weighted by atomic mass is 10.4. The van der Waals surface area contributed by atoms with Crippen LogP contribution in [0.1, 0.15) is 19.8 Å². The van der Waals surface area contributed by atoms with E-state index in [1.54, 1.807) is 0 Å². The predicted molar refractivity (Wildman–Crippen MR) is 41.2 cm³/mol. The van der Waals surface area contributed by atoms with Gasteiger partial charge in [-0.2, -0.15) is 0 Å². The molecule has 10 heavy (non-hydrogen) atoms. The van der Waals surface area contributed by atoms with E-state index in [0.29, 0.717) is 0 Å². The number of rotatable bonds is 4. The van der Waals surface area contributed by atoms with E-state index in [1.807, 2.05) is 18.5 Å². The van der Waals surface area contributed by atoms with Crippen molar-refractivity contribution in [2.24, 2.45) is 0 Å². The van der Waals surface area contributed by atoms with Gasteiger partial charge in [0.2, 0.25) is 0 Å². The molecule has 0 aliphatic rings. The van der Waals surface area contributed by atoms with Gasteiger partial charge in [-0.05, 0) is 12.5 Å². The Labute approximate surface area is 61.2 Å². The third-order valence-corrected chi connectivity index (χ3v) is 1.34. The molecule has 0 saturated heterocycles. The number of aromatic amines is 1. The van der Waals surface area contributed by atoms with Gasteiger partial charge in [0, 0.05) is 12.4 Å². The molecule has 0 amide bonds. The predicted octanol–water partition coefficient (Wildman–Crippen LogP) is 2.19. The third-order valence-electron chi connectivity index (χ3n) is 1.34. The second-order valence-electron chi connectivity index (χ2n) is 2.25. The van der Waals surface area contributed by atoms with E-state index in [4.69, 9.17) is 4.74 Å². The highest BCUT2D eigenvalue weighted by molar-refractivity contribution is 5.15. The van der Waals surface area contributed by atoms with Crippen molar-refractivity contribution in [2.45, 2.75) is 19.8 Å². The van der Waals surface area contributed by atoms with Crippen molar-refractivity contribution in [3.05, 3.63) is 18.5 Å². The molecule has 1 aromatic heterocycles. The standard InChI is InChI=1S/C8H13NO/c1-2-3-6-10-8-4-5-9-7-8/h4-5,7,9H,2-3,6H2,1H3. The molecule has 0 aromatic carbocycles. The van der Waals surface area contributed by atoms with Crippen LogP contribution in [0, 0.1) is 0 Å². The number of H-pyrrole nitrogens is 1. The first kappa shape index (κ1) is 7.19. The number of nitrogens with one attached hydrogen (secondary N) is 1. The Balaban J connectivity index is 2.15. The van der Waals surface area contributed by atoms with E-state index in [2.05, 4.69) is 11.9 Å². The Morgan fingerprint density at radius 1 is 1.60 bits per heavy atom. The molecule has 1 heterocycles. The van der Waals surface area contributed by atoms with E-state index in [0.717, 1.165) is 18.8 Å². The van der Waals surface area contributed by atoms with Gasteiger partial charge in [0.25, 0.3) is 0 Å². The zero-order valence-electron chi connectivity index (χ0n) is 6.26. The van der Waals surface area contributed by atoms with Crippen LogP contribution < -0.4 is 4.74 Å². The Morgan fingerprint density at radius 2 is 2.50 bits per heavy atom. The van der Waals surface area contributed by atoms with E-state index in [1.165, 1.54) is 6.42 Å². The summed E-state index contributed by atoms with van der Waals surface area (Å²) in [6.07, 6.45) is 6.03. The Kier molecular flexibility index (Phi) is 2.87. The molecular formula is C8H13NO. The van der Waals surface area contributed by atoms with Gasteiger partial charge >= 0.3 is 0 Å². The summed E-state index contributed by atoms with van der Waals surface area (Å²) in [5, 5.41) is 0. The van der Waals surface area contributed by atoms with Crippen LogP contribution in [0.3, 0.4) is 0 Å². The van der Waals surface area contributed by atoms with Crippen molar-refractivity contribution in [1.29, 1.82) is 0 Å². The van der Waals surface area contributed by atoms with Crippen LogP contribution >= 0.6 is 0 Å². The van der Waals surface area contributed by atoms with Crippen LogP contribution in [0.25, 0.3) is 0 Å². The molecule has 0 bridgehead atoms. The van der Waals surface area contributed by atoms with Gasteiger partial charge in [-0.1, -0.05) is 13.3 Å². The average molecular weight is 139 g/mol. The van der Waals surface area contributed by atoms with E-state index < -0.39 is 0 Å². The maximum atomic E-state index is 5.36. The largest absolute Gasteiger partial charge is 0.492 e. The fourth-order valence-corrected chi connectivity index (χ4v) is 0.733. The molecule has 0 radical (unpaired) electrons. The van der Waals surface area contributed by atoms with Gasteiger partial charge in [0.1, 0.15) is 5.75 Å². The molecule has 56 valence electrons. The van der Waals surface area contributed by atoms with Crippen molar-refractivity contribution in [3.63, 3.8) is 0 Å². The quantitative estimate of drug-likeness (QED) is 0.635. The third kappa shape index (κ3) is 2.13. The summed E-state index contributed by atoms with van der Waals surface area (Å²) < 4.78 is 5.36. The van der Waals surface area contributed by atoms with Crippen molar-refractivity contribution < 1.29 is 4.74 Å². The lowest BCUT2D eigenvalue weighted by Crippen LogP contribution is -1.94. The van der Waals surface area contributed by atoms with Gasteiger partial charge in [0.05, 0.1) is 6.61 Å². The topological polar surface area (TPSA) is 25.0 Å². The fraction of sp³-hybridized carbons (Fsp3) is 0.500. The van der Waals surface area contributed by atoms with Crippen LogP contribution in [-0.2, 0) is 0 Å². The number of hydrogen-bond acceptors (Lipinski definition) is 1. The summed E-state index contributed by atoms with van der Waals surface area (Å²) in [6, 6.07) is 1.93. The molecule has 0 aliphatic carbocycles. The smallest absolute Gasteiger partial charge is 0.136 e.